The molecule has 1 aromatic rings. The van der Waals surface area contributed by atoms with E-state index < -0.39 is 0 Å². The summed E-state index contributed by atoms with van der Waals surface area (Å²) in [6.45, 7) is 0.752. The van der Waals surface area contributed by atoms with Crippen molar-refractivity contribution in [2.24, 2.45) is 18.7 Å². The highest BCUT2D eigenvalue weighted by molar-refractivity contribution is 5.77. The van der Waals surface area contributed by atoms with Crippen molar-refractivity contribution < 1.29 is 4.79 Å². The van der Waals surface area contributed by atoms with Gasteiger partial charge in [-0.2, -0.15) is 5.10 Å². The molecule has 1 aliphatic carbocycles. The van der Waals surface area contributed by atoms with Gasteiger partial charge in [-0.3, -0.25) is 9.48 Å². The first-order chi connectivity index (χ1) is 8.66. The van der Waals surface area contributed by atoms with Gasteiger partial charge in [0.2, 0.25) is 5.91 Å². The van der Waals surface area contributed by atoms with Crippen LogP contribution in [0.25, 0.3) is 0 Å². The number of rotatable bonds is 4. The van der Waals surface area contributed by atoms with Crippen molar-refractivity contribution in [3.05, 3.63) is 18.0 Å². The highest BCUT2D eigenvalue weighted by atomic mass is 16.1. The Morgan fingerprint density at radius 3 is 2.94 bits per heavy atom. The van der Waals surface area contributed by atoms with Crippen LogP contribution >= 0.6 is 0 Å². The summed E-state index contributed by atoms with van der Waals surface area (Å²) in [5.41, 5.74) is 6.65. The molecule has 3 N–H and O–H groups in total. The number of nitrogens with two attached hydrogens (primary N) is 1. The predicted molar refractivity (Wildman–Crippen MR) is 69.6 cm³/mol. The zero-order chi connectivity index (χ0) is 13.0. The van der Waals surface area contributed by atoms with E-state index in [0.717, 1.165) is 31.4 Å². The van der Waals surface area contributed by atoms with Crippen LogP contribution in [0, 0.1) is 5.92 Å². The maximum absolute atomic E-state index is 11.5. The van der Waals surface area contributed by atoms with Gasteiger partial charge in [-0.05, 0) is 12.8 Å². The second kappa shape index (κ2) is 6.00. The Bertz CT molecular complexity index is 401. The fraction of sp³-hybridized carbons (Fsp3) is 0.692. The molecule has 0 aliphatic heterocycles. The Morgan fingerprint density at radius 1 is 1.50 bits per heavy atom. The van der Waals surface area contributed by atoms with Crippen LogP contribution in [-0.2, 0) is 18.4 Å². The molecule has 1 saturated carbocycles. The summed E-state index contributed by atoms with van der Waals surface area (Å²) < 4.78 is 1.79. The van der Waals surface area contributed by atoms with Gasteiger partial charge in [0.05, 0.1) is 12.1 Å². The molecule has 2 atom stereocenters. The number of primary amides is 1. The third kappa shape index (κ3) is 3.32. The van der Waals surface area contributed by atoms with E-state index in [1.807, 2.05) is 19.4 Å². The van der Waals surface area contributed by atoms with Gasteiger partial charge in [0, 0.05) is 31.4 Å². The summed E-state index contributed by atoms with van der Waals surface area (Å²) in [7, 11) is 1.90. The van der Waals surface area contributed by atoms with Crippen molar-refractivity contribution in [1.29, 1.82) is 0 Å². The molecule has 1 aromatic heterocycles. The Morgan fingerprint density at radius 2 is 2.28 bits per heavy atom. The number of nitrogens with zero attached hydrogens (tertiary/aromatic N) is 2. The first-order valence-corrected chi connectivity index (χ1v) is 6.67. The molecule has 5 nitrogen and oxygen atoms in total. The van der Waals surface area contributed by atoms with E-state index in [1.165, 1.54) is 12.8 Å². The molecule has 100 valence electrons. The standard InChI is InChI=1S/C13H22N4O/c1-17-9-10(8-16-17)7-15-12-6-4-2-3-5-11(12)13(14)18/h8-9,11-12,15H,2-7H2,1H3,(H2,14,18)/t11-,12+/m0/s1. The van der Waals surface area contributed by atoms with Gasteiger partial charge in [0.1, 0.15) is 0 Å². The molecule has 0 radical (unpaired) electrons. The Hall–Kier alpha value is -1.36. The van der Waals surface area contributed by atoms with Gasteiger partial charge in [-0.15, -0.1) is 0 Å². The van der Waals surface area contributed by atoms with E-state index in [-0.39, 0.29) is 17.9 Å². The average Bonchev–Trinajstić information content (AvgIpc) is 2.62. The SMILES string of the molecule is Cn1cc(CN[C@@H]2CCCCC[C@@H]2C(N)=O)cn1. The molecule has 1 heterocycles. The van der Waals surface area contributed by atoms with E-state index in [1.54, 1.807) is 4.68 Å². The Kier molecular flexibility index (Phi) is 4.36. The molecular formula is C13H22N4O. The molecule has 0 aromatic carbocycles. The average molecular weight is 250 g/mol. The van der Waals surface area contributed by atoms with E-state index in [4.69, 9.17) is 5.73 Å². The zero-order valence-electron chi connectivity index (χ0n) is 10.9. The van der Waals surface area contributed by atoms with Crippen LogP contribution in [0.3, 0.4) is 0 Å². The molecule has 0 saturated heterocycles. The first-order valence-electron chi connectivity index (χ1n) is 6.67. The molecule has 0 bridgehead atoms. The van der Waals surface area contributed by atoms with Crippen molar-refractivity contribution in [2.75, 3.05) is 0 Å². The summed E-state index contributed by atoms with van der Waals surface area (Å²) in [4.78, 5) is 11.5. The third-order valence-electron chi connectivity index (χ3n) is 3.71. The lowest BCUT2D eigenvalue weighted by atomic mass is 9.94. The lowest BCUT2D eigenvalue weighted by molar-refractivity contribution is -0.122. The number of amides is 1. The number of aryl methyl sites for hydroxylation is 1. The summed E-state index contributed by atoms with van der Waals surface area (Å²) in [5, 5.41) is 7.61. The normalized spacial score (nSPS) is 24.7. The monoisotopic (exact) mass is 250 g/mol. The number of carbonyl (C=O) groups excluding carboxylic acids is 1. The smallest absolute Gasteiger partial charge is 0.222 e. The number of carbonyl (C=O) groups is 1. The van der Waals surface area contributed by atoms with Crippen LogP contribution in [-0.4, -0.2) is 21.7 Å². The van der Waals surface area contributed by atoms with Gasteiger partial charge in [0.15, 0.2) is 0 Å². The van der Waals surface area contributed by atoms with Crippen LogP contribution in [0.15, 0.2) is 12.4 Å². The summed E-state index contributed by atoms with van der Waals surface area (Å²) in [6.07, 6.45) is 9.28. The number of hydrogen-bond donors (Lipinski definition) is 2. The number of aromatic nitrogens is 2. The molecule has 18 heavy (non-hydrogen) atoms. The van der Waals surface area contributed by atoms with Crippen molar-refractivity contribution in [1.82, 2.24) is 15.1 Å². The number of nitrogens with one attached hydrogen (secondary N) is 1. The van der Waals surface area contributed by atoms with E-state index in [2.05, 4.69) is 10.4 Å². The van der Waals surface area contributed by atoms with Crippen LogP contribution in [0.2, 0.25) is 0 Å². The predicted octanol–water partition coefficient (Wildman–Crippen LogP) is 0.944. The van der Waals surface area contributed by atoms with Crippen molar-refractivity contribution in [3.8, 4) is 0 Å². The molecule has 1 amide bonds. The third-order valence-corrected chi connectivity index (χ3v) is 3.71. The van der Waals surface area contributed by atoms with Gasteiger partial charge in [-0.1, -0.05) is 19.3 Å². The molecule has 5 heteroatoms. The van der Waals surface area contributed by atoms with Crippen molar-refractivity contribution in [2.45, 2.75) is 44.7 Å². The Balaban J connectivity index is 1.94. The second-order valence-electron chi connectivity index (χ2n) is 5.16. The lowest BCUT2D eigenvalue weighted by Gasteiger charge is -2.23. The minimum Gasteiger partial charge on any atom is -0.369 e. The fourth-order valence-corrected chi connectivity index (χ4v) is 2.70. The van der Waals surface area contributed by atoms with Crippen LogP contribution < -0.4 is 11.1 Å². The molecular weight excluding hydrogens is 228 g/mol. The number of hydrogen-bond acceptors (Lipinski definition) is 3. The highest BCUT2D eigenvalue weighted by Crippen LogP contribution is 2.23. The molecule has 1 aliphatic rings. The molecule has 0 spiro atoms. The van der Waals surface area contributed by atoms with E-state index in [0.29, 0.717) is 0 Å². The van der Waals surface area contributed by atoms with Gasteiger partial charge < -0.3 is 11.1 Å². The Labute approximate surface area is 108 Å². The fourth-order valence-electron chi connectivity index (χ4n) is 2.70. The van der Waals surface area contributed by atoms with Crippen LogP contribution in [0.1, 0.15) is 37.7 Å². The van der Waals surface area contributed by atoms with E-state index in [9.17, 15) is 4.79 Å². The summed E-state index contributed by atoms with van der Waals surface area (Å²) in [6, 6.07) is 0.213. The lowest BCUT2D eigenvalue weighted by Crippen LogP contribution is -2.41. The minimum atomic E-state index is -0.166. The zero-order valence-corrected chi connectivity index (χ0v) is 10.9. The minimum absolute atomic E-state index is 0.0239. The quantitative estimate of drug-likeness (QED) is 0.781. The van der Waals surface area contributed by atoms with Crippen molar-refractivity contribution in [3.63, 3.8) is 0 Å². The molecule has 2 rings (SSSR count). The first kappa shape index (κ1) is 13.1. The van der Waals surface area contributed by atoms with Crippen molar-refractivity contribution >= 4 is 5.91 Å². The van der Waals surface area contributed by atoms with Crippen LogP contribution in [0.4, 0.5) is 0 Å². The maximum Gasteiger partial charge on any atom is 0.222 e. The van der Waals surface area contributed by atoms with E-state index >= 15 is 0 Å². The summed E-state index contributed by atoms with van der Waals surface area (Å²) in [5.74, 6) is -0.190. The van der Waals surface area contributed by atoms with Crippen LogP contribution in [0.5, 0.6) is 0 Å². The molecule has 1 fully saturated rings. The topological polar surface area (TPSA) is 72.9 Å². The molecule has 0 unspecified atom stereocenters. The summed E-state index contributed by atoms with van der Waals surface area (Å²) >= 11 is 0. The highest BCUT2D eigenvalue weighted by Gasteiger charge is 2.27. The van der Waals surface area contributed by atoms with Gasteiger partial charge in [-0.25, -0.2) is 0 Å². The maximum atomic E-state index is 11.5. The van der Waals surface area contributed by atoms with Gasteiger partial charge in [0.25, 0.3) is 0 Å². The second-order valence-corrected chi connectivity index (χ2v) is 5.16. The largest absolute Gasteiger partial charge is 0.369 e. The van der Waals surface area contributed by atoms with Gasteiger partial charge >= 0.3 is 0 Å².